The molecule has 0 aliphatic carbocycles. The number of thioether (sulfide) groups is 1. The van der Waals surface area contributed by atoms with Crippen molar-refractivity contribution in [3.8, 4) is 0 Å². The lowest BCUT2D eigenvalue weighted by atomic mass is 10.0. The molecule has 1 aromatic rings. The van der Waals surface area contributed by atoms with Gasteiger partial charge >= 0.3 is 0 Å². The van der Waals surface area contributed by atoms with Crippen molar-refractivity contribution >= 4 is 27.7 Å². The van der Waals surface area contributed by atoms with Crippen LogP contribution in [0.1, 0.15) is 13.8 Å². The molecule has 2 nitrogen and oxygen atoms in total. The lowest BCUT2D eigenvalue weighted by molar-refractivity contribution is 0.474. The summed E-state index contributed by atoms with van der Waals surface area (Å²) < 4.78 is 0. The van der Waals surface area contributed by atoms with Crippen LogP contribution < -0.4 is 0 Å². The van der Waals surface area contributed by atoms with Gasteiger partial charge in [-0.05, 0) is 11.8 Å². The molecule has 0 amide bonds. The van der Waals surface area contributed by atoms with E-state index in [1.54, 1.807) is 18.0 Å². The standard InChI is InChI=1S/C9H15BrN2S/c1-7(2)8(5-10)6-13-9-11-3-4-12-9/h3-4,7-8H,5-6H2,1-2H3,(H,11,12). The van der Waals surface area contributed by atoms with E-state index >= 15 is 0 Å². The predicted molar refractivity (Wildman–Crippen MR) is 61.4 cm³/mol. The normalized spacial score (nSPS) is 13.5. The first-order valence-corrected chi connectivity index (χ1v) is 6.53. The zero-order valence-electron chi connectivity index (χ0n) is 7.96. The number of halogens is 1. The molecule has 0 fully saturated rings. The molecule has 0 spiro atoms. The van der Waals surface area contributed by atoms with Crippen molar-refractivity contribution in [3.05, 3.63) is 12.4 Å². The lowest BCUT2D eigenvalue weighted by Crippen LogP contribution is -2.12. The third-order valence-electron chi connectivity index (χ3n) is 2.05. The van der Waals surface area contributed by atoms with E-state index in [4.69, 9.17) is 0 Å². The molecule has 4 heteroatoms. The van der Waals surface area contributed by atoms with Gasteiger partial charge in [-0.2, -0.15) is 0 Å². The molecular formula is C9H15BrN2S. The highest BCUT2D eigenvalue weighted by molar-refractivity contribution is 9.09. The summed E-state index contributed by atoms with van der Waals surface area (Å²) in [5, 5.41) is 2.09. The highest BCUT2D eigenvalue weighted by Gasteiger charge is 2.12. The van der Waals surface area contributed by atoms with Gasteiger partial charge in [-0.25, -0.2) is 4.98 Å². The van der Waals surface area contributed by atoms with Gasteiger partial charge in [0.15, 0.2) is 5.16 Å². The first-order valence-electron chi connectivity index (χ1n) is 4.42. The second-order valence-electron chi connectivity index (χ2n) is 3.36. The van der Waals surface area contributed by atoms with E-state index < -0.39 is 0 Å². The van der Waals surface area contributed by atoms with Crippen molar-refractivity contribution in [1.82, 2.24) is 9.97 Å². The van der Waals surface area contributed by atoms with Gasteiger partial charge in [0.25, 0.3) is 0 Å². The van der Waals surface area contributed by atoms with Crippen molar-refractivity contribution < 1.29 is 0 Å². The summed E-state index contributed by atoms with van der Waals surface area (Å²) in [5.41, 5.74) is 0. The number of imidazole rings is 1. The molecular weight excluding hydrogens is 248 g/mol. The van der Waals surface area contributed by atoms with Gasteiger partial charge in [0.05, 0.1) is 0 Å². The van der Waals surface area contributed by atoms with Crippen LogP contribution in [0.5, 0.6) is 0 Å². The molecule has 1 unspecified atom stereocenters. The van der Waals surface area contributed by atoms with Crippen LogP contribution in [0.25, 0.3) is 0 Å². The Morgan fingerprint density at radius 1 is 1.62 bits per heavy atom. The van der Waals surface area contributed by atoms with Crippen LogP contribution in [-0.4, -0.2) is 21.1 Å². The topological polar surface area (TPSA) is 28.7 Å². The maximum absolute atomic E-state index is 4.17. The molecule has 0 aromatic carbocycles. The monoisotopic (exact) mass is 262 g/mol. The maximum atomic E-state index is 4.17. The van der Waals surface area contributed by atoms with Crippen LogP contribution >= 0.6 is 27.7 Å². The van der Waals surface area contributed by atoms with Crippen molar-refractivity contribution in [1.29, 1.82) is 0 Å². The Bertz CT molecular complexity index is 224. The van der Waals surface area contributed by atoms with Crippen LogP contribution in [-0.2, 0) is 0 Å². The minimum Gasteiger partial charge on any atom is -0.340 e. The molecule has 1 rings (SSSR count). The summed E-state index contributed by atoms with van der Waals surface area (Å²) in [4.78, 5) is 7.27. The second kappa shape index (κ2) is 5.70. The fraction of sp³-hybridized carbons (Fsp3) is 0.667. The number of nitrogens with one attached hydrogen (secondary N) is 1. The predicted octanol–water partition coefficient (Wildman–Crippen LogP) is 3.17. The minimum absolute atomic E-state index is 0.718. The minimum atomic E-state index is 0.718. The summed E-state index contributed by atoms with van der Waals surface area (Å²) in [6.45, 7) is 4.52. The average Bonchev–Trinajstić information content (AvgIpc) is 2.57. The molecule has 0 aliphatic heterocycles. The van der Waals surface area contributed by atoms with Crippen LogP contribution in [0.3, 0.4) is 0 Å². The van der Waals surface area contributed by atoms with Crippen molar-refractivity contribution in [2.45, 2.75) is 19.0 Å². The third kappa shape index (κ3) is 3.73. The molecule has 1 aromatic heterocycles. The summed E-state index contributed by atoms with van der Waals surface area (Å²) in [6, 6.07) is 0. The van der Waals surface area contributed by atoms with E-state index in [0.29, 0.717) is 0 Å². The van der Waals surface area contributed by atoms with Gasteiger partial charge in [0.1, 0.15) is 0 Å². The molecule has 0 saturated heterocycles. The Morgan fingerprint density at radius 2 is 2.38 bits per heavy atom. The van der Waals surface area contributed by atoms with Crippen molar-refractivity contribution in [3.63, 3.8) is 0 Å². The van der Waals surface area contributed by atoms with Gasteiger partial charge in [0, 0.05) is 23.5 Å². The van der Waals surface area contributed by atoms with Crippen LogP contribution in [0, 0.1) is 11.8 Å². The SMILES string of the molecule is CC(C)C(CBr)CSc1ncc[nH]1. The van der Waals surface area contributed by atoms with Gasteiger partial charge < -0.3 is 4.98 Å². The summed E-state index contributed by atoms with van der Waals surface area (Å²) in [5.74, 6) is 2.56. The quantitative estimate of drug-likeness (QED) is 0.653. The molecule has 13 heavy (non-hydrogen) atoms. The van der Waals surface area contributed by atoms with E-state index in [-0.39, 0.29) is 0 Å². The van der Waals surface area contributed by atoms with Gasteiger partial charge in [0.2, 0.25) is 0 Å². The fourth-order valence-corrected chi connectivity index (χ4v) is 3.37. The van der Waals surface area contributed by atoms with E-state index in [9.17, 15) is 0 Å². The number of alkyl halides is 1. The first kappa shape index (κ1) is 11.1. The Hall–Kier alpha value is 0.0400. The highest BCUT2D eigenvalue weighted by Crippen LogP contribution is 2.22. The molecule has 0 saturated carbocycles. The molecule has 0 aliphatic rings. The van der Waals surface area contributed by atoms with E-state index in [2.05, 4.69) is 39.7 Å². The largest absolute Gasteiger partial charge is 0.340 e. The van der Waals surface area contributed by atoms with Crippen molar-refractivity contribution in [2.24, 2.45) is 11.8 Å². The third-order valence-corrected chi connectivity index (χ3v) is 3.97. The number of aromatic amines is 1. The van der Waals surface area contributed by atoms with Crippen LogP contribution in [0.15, 0.2) is 17.6 Å². The first-order chi connectivity index (χ1) is 6.24. The van der Waals surface area contributed by atoms with E-state index in [1.165, 1.54) is 0 Å². The molecule has 1 N–H and O–H groups in total. The zero-order chi connectivity index (χ0) is 9.68. The molecule has 1 heterocycles. The average molecular weight is 263 g/mol. The molecule has 0 radical (unpaired) electrons. The maximum Gasteiger partial charge on any atom is 0.165 e. The Labute approximate surface area is 92.0 Å². The molecule has 1 atom stereocenters. The van der Waals surface area contributed by atoms with E-state index in [0.717, 1.165) is 28.1 Å². The Balaban J connectivity index is 2.32. The summed E-state index contributed by atoms with van der Waals surface area (Å²) in [7, 11) is 0. The number of aromatic nitrogens is 2. The number of hydrogen-bond acceptors (Lipinski definition) is 2. The number of rotatable bonds is 5. The van der Waals surface area contributed by atoms with Gasteiger partial charge in [-0.1, -0.05) is 41.5 Å². The van der Waals surface area contributed by atoms with E-state index in [1.807, 2.05) is 6.20 Å². The van der Waals surface area contributed by atoms with Crippen molar-refractivity contribution in [2.75, 3.05) is 11.1 Å². The zero-order valence-corrected chi connectivity index (χ0v) is 10.4. The number of H-pyrrole nitrogens is 1. The summed E-state index contributed by atoms with van der Waals surface area (Å²) in [6.07, 6.45) is 3.65. The fourth-order valence-electron chi connectivity index (χ4n) is 0.931. The number of hydrogen-bond donors (Lipinski definition) is 1. The lowest BCUT2D eigenvalue weighted by Gasteiger charge is -2.16. The van der Waals surface area contributed by atoms with Crippen LogP contribution in [0.4, 0.5) is 0 Å². The highest BCUT2D eigenvalue weighted by atomic mass is 79.9. The van der Waals surface area contributed by atoms with Gasteiger partial charge in [-0.15, -0.1) is 0 Å². The smallest absolute Gasteiger partial charge is 0.165 e. The summed E-state index contributed by atoms with van der Waals surface area (Å²) >= 11 is 5.33. The Morgan fingerprint density at radius 3 is 2.85 bits per heavy atom. The number of nitrogens with zero attached hydrogens (tertiary/aromatic N) is 1. The van der Waals surface area contributed by atoms with Gasteiger partial charge in [-0.3, -0.25) is 0 Å². The molecule has 74 valence electrons. The Kier molecular flexibility index (Phi) is 4.88. The second-order valence-corrected chi connectivity index (χ2v) is 5.02. The van der Waals surface area contributed by atoms with Crippen LogP contribution in [0.2, 0.25) is 0 Å². The molecule has 0 bridgehead atoms.